The van der Waals surface area contributed by atoms with E-state index >= 15 is 0 Å². The number of halogens is 2. The monoisotopic (exact) mass is 278 g/mol. The molecule has 5 heteroatoms. The van der Waals surface area contributed by atoms with Gasteiger partial charge in [-0.2, -0.15) is 5.10 Å². The maximum absolute atomic E-state index is 13.3. The van der Waals surface area contributed by atoms with E-state index < -0.39 is 11.6 Å². The Kier molecular flexibility index (Phi) is 4.52. The molecule has 0 saturated carbocycles. The van der Waals surface area contributed by atoms with Gasteiger partial charge < -0.3 is 0 Å². The molecule has 0 spiro atoms. The molecule has 0 aliphatic heterocycles. The van der Waals surface area contributed by atoms with Gasteiger partial charge in [-0.15, -0.1) is 11.8 Å². The fraction of sp³-hybridized carbons (Fsp3) is 0.0714. The van der Waals surface area contributed by atoms with Crippen molar-refractivity contribution in [1.82, 2.24) is 0 Å². The zero-order chi connectivity index (χ0) is 13.7. The van der Waals surface area contributed by atoms with E-state index in [0.717, 1.165) is 16.5 Å². The van der Waals surface area contributed by atoms with E-state index in [2.05, 4.69) is 10.5 Å². The van der Waals surface area contributed by atoms with Gasteiger partial charge in [-0.25, -0.2) is 8.78 Å². The van der Waals surface area contributed by atoms with Crippen LogP contribution in [-0.4, -0.2) is 12.5 Å². The van der Waals surface area contributed by atoms with Crippen molar-refractivity contribution in [2.24, 2.45) is 5.10 Å². The fourth-order valence-corrected chi connectivity index (χ4v) is 1.85. The van der Waals surface area contributed by atoms with Crippen LogP contribution in [0.5, 0.6) is 0 Å². The highest BCUT2D eigenvalue weighted by molar-refractivity contribution is 7.98. The number of hydrazone groups is 1. The summed E-state index contributed by atoms with van der Waals surface area (Å²) in [5, 5.41) is 3.91. The van der Waals surface area contributed by atoms with Crippen LogP contribution in [0, 0.1) is 11.6 Å². The Hall–Kier alpha value is -1.88. The maximum atomic E-state index is 13.3. The topological polar surface area (TPSA) is 24.4 Å². The summed E-state index contributed by atoms with van der Waals surface area (Å²) < 4.78 is 26.0. The van der Waals surface area contributed by atoms with Crippen molar-refractivity contribution in [3.05, 3.63) is 59.7 Å². The molecule has 19 heavy (non-hydrogen) atoms. The molecule has 0 aliphatic carbocycles. The van der Waals surface area contributed by atoms with Gasteiger partial charge in [0.1, 0.15) is 5.82 Å². The van der Waals surface area contributed by atoms with Crippen LogP contribution in [0.4, 0.5) is 14.5 Å². The molecule has 2 rings (SSSR count). The summed E-state index contributed by atoms with van der Waals surface area (Å²) in [5.74, 6) is -1.28. The van der Waals surface area contributed by atoms with Gasteiger partial charge in [-0.1, -0.05) is 12.1 Å². The average molecular weight is 278 g/mol. The lowest BCUT2D eigenvalue weighted by Gasteiger charge is -2.01. The lowest BCUT2D eigenvalue weighted by molar-refractivity contribution is 0.585. The predicted molar refractivity (Wildman–Crippen MR) is 75.8 cm³/mol. The number of anilines is 1. The van der Waals surface area contributed by atoms with Crippen LogP contribution in [0.2, 0.25) is 0 Å². The van der Waals surface area contributed by atoms with Gasteiger partial charge in [-0.3, -0.25) is 5.43 Å². The van der Waals surface area contributed by atoms with Gasteiger partial charge in [0, 0.05) is 11.0 Å². The van der Waals surface area contributed by atoms with Crippen molar-refractivity contribution in [3.8, 4) is 0 Å². The quantitative estimate of drug-likeness (QED) is 0.516. The Bertz CT molecular complexity index is 582. The number of hydrogen-bond acceptors (Lipinski definition) is 3. The van der Waals surface area contributed by atoms with Crippen molar-refractivity contribution >= 4 is 23.7 Å². The number of thioether (sulfide) groups is 1. The highest BCUT2D eigenvalue weighted by Gasteiger charge is 2.01. The SMILES string of the molecule is CSc1ccc(/C=N\Nc2ccc(F)cc2F)cc1. The summed E-state index contributed by atoms with van der Waals surface area (Å²) in [7, 11) is 0. The Balaban J connectivity index is 2.02. The molecule has 1 N–H and O–H groups in total. The minimum Gasteiger partial charge on any atom is -0.276 e. The molecule has 0 unspecified atom stereocenters. The second-order valence-corrected chi connectivity index (χ2v) is 4.65. The number of rotatable bonds is 4. The molecule has 0 aliphatic rings. The van der Waals surface area contributed by atoms with Crippen LogP contribution >= 0.6 is 11.8 Å². The molecule has 0 saturated heterocycles. The van der Waals surface area contributed by atoms with Crippen LogP contribution in [0.15, 0.2) is 52.5 Å². The van der Waals surface area contributed by atoms with E-state index in [0.29, 0.717) is 0 Å². The first-order valence-corrected chi connectivity index (χ1v) is 6.79. The molecular formula is C14H12F2N2S. The molecule has 2 nitrogen and oxygen atoms in total. The highest BCUT2D eigenvalue weighted by atomic mass is 32.2. The molecule has 0 radical (unpaired) electrons. The Morgan fingerprint density at radius 3 is 2.47 bits per heavy atom. The van der Waals surface area contributed by atoms with Crippen molar-refractivity contribution in [3.63, 3.8) is 0 Å². The van der Waals surface area contributed by atoms with E-state index in [9.17, 15) is 8.78 Å². The van der Waals surface area contributed by atoms with Crippen LogP contribution in [0.1, 0.15) is 5.56 Å². The first kappa shape index (κ1) is 13.5. The molecular weight excluding hydrogens is 266 g/mol. The van der Waals surface area contributed by atoms with Gasteiger partial charge in [0.25, 0.3) is 0 Å². The van der Waals surface area contributed by atoms with Gasteiger partial charge in [0.05, 0.1) is 11.9 Å². The zero-order valence-electron chi connectivity index (χ0n) is 10.2. The summed E-state index contributed by atoms with van der Waals surface area (Å²) in [6.45, 7) is 0. The van der Waals surface area contributed by atoms with E-state index in [1.165, 1.54) is 12.1 Å². The first-order valence-electron chi connectivity index (χ1n) is 5.57. The zero-order valence-corrected chi connectivity index (χ0v) is 11.0. The van der Waals surface area contributed by atoms with Gasteiger partial charge >= 0.3 is 0 Å². The van der Waals surface area contributed by atoms with E-state index in [1.807, 2.05) is 30.5 Å². The molecule has 2 aromatic carbocycles. The predicted octanol–water partition coefficient (Wildman–Crippen LogP) is 4.13. The van der Waals surface area contributed by atoms with Crippen molar-refractivity contribution in [2.45, 2.75) is 4.90 Å². The third-order valence-corrected chi connectivity index (χ3v) is 3.19. The van der Waals surface area contributed by atoms with Gasteiger partial charge in [-0.05, 0) is 36.1 Å². The average Bonchev–Trinajstić information content (AvgIpc) is 2.42. The maximum Gasteiger partial charge on any atom is 0.151 e. The van der Waals surface area contributed by atoms with Crippen molar-refractivity contribution in [1.29, 1.82) is 0 Å². The Labute approximate surface area is 114 Å². The molecule has 0 heterocycles. The lowest BCUT2D eigenvalue weighted by Crippen LogP contribution is -1.94. The van der Waals surface area contributed by atoms with Crippen LogP contribution in [0.25, 0.3) is 0 Å². The Morgan fingerprint density at radius 1 is 1.11 bits per heavy atom. The van der Waals surface area contributed by atoms with Crippen LogP contribution in [-0.2, 0) is 0 Å². The summed E-state index contributed by atoms with van der Waals surface area (Å²) >= 11 is 1.66. The largest absolute Gasteiger partial charge is 0.276 e. The molecule has 0 aromatic heterocycles. The van der Waals surface area contributed by atoms with Gasteiger partial charge in [0.2, 0.25) is 0 Å². The van der Waals surface area contributed by atoms with Crippen molar-refractivity contribution in [2.75, 3.05) is 11.7 Å². The number of hydrogen-bond donors (Lipinski definition) is 1. The van der Waals surface area contributed by atoms with Crippen molar-refractivity contribution < 1.29 is 8.78 Å². The first-order chi connectivity index (χ1) is 9.19. The minimum absolute atomic E-state index is 0.137. The molecule has 0 bridgehead atoms. The summed E-state index contributed by atoms with van der Waals surface area (Å²) in [6.07, 6.45) is 3.58. The Morgan fingerprint density at radius 2 is 1.84 bits per heavy atom. The van der Waals surface area contributed by atoms with Crippen LogP contribution in [0.3, 0.4) is 0 Å². The molecule has 0 atom stereocenters. The van der Waals surface area contributed by atoms with E-state index in [-0.39, 0.29) is 5.69 Å². The normalized spacial score (nSPS) is 10.9. The summed E-state index contributed by atoms with van der Waals surface area (Å²) in [6, 6.07) is 11.1. The molecule has 0 amide bonds. The third-order valence-electron chi connectivity index (χ3n) is 2.45. The van der Waals surface area contributed by atoms with E-state index in [1.54, 1.807) is 18.0 Å². The third kappa shape index (κ3) is 3.79. The fourth-order valence-electron chi connectivity index (χ4n) is 1.45. The highest BCUT2D eigenvalue weighted by Crippen LogP contribution is 2.15. The molecule has 2 aromatic rings. The molecule has 98 valence electrons. The summed E-state index contributed by atoms with van der Waals surface area (Å²) in [4.78, 5) is 1.16. The number of nitrogens with one attached hydrogen (secondary N) is 1. The standard InChI is InChI=1S/C14H12F2N2S/c1-19-12-5-2-10(3-6-12)9-17-18-14-7-4-11(15)8-13(14)16/h2-9,18H,1H3/b17-9-. The smallest absolute Gasteiger partial charge is 0.151 e. The van der Waals surface area contributed by atoms with E-state index in [4.69, 9.17) is 0 Å². The second kappa shape index (κ2) is 6.33. The summed E-state index contributed by atoms with van der Waals surface area (Å²) in [5.41, 5.74) is 3.57. The lowest BCUT2D eigenvalue weighted by atomic mass is 10.2. The number of nitrogens with zero attached hydrogens (tertiary/aromatic N) is 1. The minimum atomic E-state index is -0.671. The number of benzene rings is 2. The molecule has 0 fully saturated rings. The second-order valence-electron chi connectivity index (χ2n) is 3.77. The van der Waals surface area contributed by atoms with Crippen LogP contribution < -0.4 is 5.43 Å². The van der Waals surface area contributed by atoms with Gasteiger partial charge in [0.15, 0.2) is 5.82 Å².